The fraction of sp³-hybridized carbons (Fsp3) is 0.238. The van der Waals surface area contributed by atoms with Gasteiger partial charge in [0.15, 0.2) is 0 Å². The van der Waals surface area contributed by atoms with E-state index >= 15 is 0 Å². The molecular formula is C21H20N2OS. The molecule has 3 nitrogen and oxygen atoms in total. The van der Waals surface area contributed by atoms with Crippen LogP contribution in [0.25, 0.3) is 10.9 Å². The summed E-state index contributed by atoms with van der Waals surface area (Å²) in [6.07, 6.45) is 3.20. The number of aryl methyl sites for hydroxylation is 1. The number of hydrogen-bond acceptors (Lipinski definition) is 3. The topological polar surface area (TPSA) is 42.0 Å². The Labute approximate surface area is 151 Å². The zero-order chi connectivity index (χ0) is 17.2. The van der Waals surface area contributed by atoms with Gasteiger partial charge in [-0.25, -0.2) is 4.98 Å². The predicted octanol–water partition coefficient (Wildman–Crippen LogP) is 4.84. The Kier molecular flexibility index (Phi) is 4.45. The van der Waals surface area contributed by atoms with Gasteiger partial charge >= 0.3 is 0 Å². The van der Waals surface area contributed by atoms with Gasteiger partial charge in [0, 0.05) is 16.3 Å². The van der Waals surface area contributed by atoms with Crippen LogP contribution in [0, 0.1) is 0 Å². The lowest BCUT2D eigenvalue weighted by atomic mass is 10.1. The van der Waals surface area contributed by atoms with Crippen LogP contribution in [0.4, 0.5) is 0 Å². The average Bonchev–Trinajstić information content (AvgIpc) is 3.45. The summed E-state index contributed by atoms with van der Waals surface area (Å²) in [7, 11) is 0. The Morgan fingerprint density at radius 2 is 1.92 bits per heavy atom. The van der Waals surface area contributed by atoms with Crippen molar-refractivity contribution in [2.45, 2.75) is 42.1 Å². The largest absolute Gasteiger partial charge is 0.349 e. The third kappa shape index (κ3) is 3.69. The highest BCUT2D eigenvalue weighted by molar-refractivity contribution is 7.99. The number of hydrogen-bond donors (Lipinski definition) is 1. The Hall–Kier alpha value is -2.33. The van der Waals surface area contributed by atoms with E-state index in [1.807, 2.05) is 30.3 Å². The lowest BCUT2D eigenvalue weighted by molar-refractivity contribution is 0.0952. The Morgan fingerprint density at radius 3 is 2.64 bits per heavy atom. The number of amides is 1. The van der Waals surface area contributed by atoms with E-state index in [4.69, 9.17) is 4.98 Å². The molecule has 0 atom stereocenters. The van der Waals surface area contributed by atoms with Gasteiger partial charge in [-0.05, 0) is 49.1 Å². The molecule has 1 saturated carbocycles. The van der Waals surface area contributed by atoms with Crippen molar-refractivity contribution in [3.05, 3.63) is 65.7 Å². The van der Waals surface area contributed by atoms with E-state index in [2.05, 4.69) is 36.5 Å². The lowest BCUT2D eigenvalue weighted by Crippen LogP contribution is -2.25. The quantitative estimate of drug-likeness (QED) is 0.717. The second-order valence-electron chi connectivity index (χ2n) is 6.37. The molecule has 126 valence electrons. The van der Waals surface area contributed by atoms with Crippen LogP contribution < -0.4 is 5.32 Å². The molecule has 3 aromatic rings. The highest BCUT2D eigenvalue weighted by Crippen LogP contribution is 2.30. The smallest absolute Gasteiger partial charge is 0.252 e. The minimum absolute atomic E-state index is 0.00396. The summed E-state index contributed by atoms with van der Waals surface area (Å²) in [5.41, 5.74) is 2.89. The summed E-state index contributed by atoms with van der Waals surface area (Å²) >= 11 is 1.60. The molecule has 0 bridgehead atoms. The fourth-order valence-electron chi connectivity index (χ4n) is 2.80. The first-order chi connectivity index (χ1) is 12.2. The van der Waals surface area contributed by atoms with Gasteiger partial charge in [-0.3, -0.25) is 4.79 Å². The van der Waals surface area contributed by atoms with E-state index in [-0.39, 0.29) is 5.91 Å². The van der Waals surface area contributed by atoms with Gasteiger partial charge in [0.1, 0.15) is 5.03 Å². The highest BCUT2D eigenvalue weighted by atomic mass is 32.2. The van der Waals surface area contributed by atoms with Crippen molar-refractivity contribution in [1.82, 2.24) is 10.3 Å². The molecule has 0 radical (unpaired) electrons. The van der Waals surface area contributed by atoms with E-state index < -0.39 is 0 Å². The second kappa shape index (κ2) is 6.89. The van der Waals surface area contributed by atoms with Gasteiger partial charge in [0.25, 0.3) is 5.91 Å². The second-order valence-corrected chi connectivity index (χ2v) is 7.47. The first kappa shape index (κ1) is 16.2. The number of aromatic nitrogens is 1. The maximum absolute atomic E-state index is 12.6. The molecular weight excluding hydrogens is 328 g/mol. The molecule has 1 fully saturated rings. The number of benzene rings is 2. The van der Waals surface area contributed by atoms with Crippen molar-refractivity contribution in [3.63, 3.8) is 0 Å². The SMILES string of the molecule is CCc1ccc(Sc2cc(C(=O)NC3CC3)c3ccccc3n2)cc1. The van der Waals surface area contributed by atoms with Crippen molar-refractivity contribution in [1.29, 1.82) is 0 Å². The number of fused-ring (bicyclic) bond motifs is 1. The average molecular weight is 348 g/mol. The van der Waals surface area contributed by atoms with Crippen LogP contribution in [-0.4, -0.2) is 16.9 Å². The molecule has 4 rings (SSSR count). The Morgan fingerprint density at radius 1 is 1.16 bits per heavy atom. The summed E-state index contributed by atoms with van der Waals surface area (Å²) in [5, 5.41) is 4.85. The molecule has 0 aliphatic heterocycles. The molecule has 1 heterocycles. The van der Waals surface area contributed by atoms with Crippen LogP contribution >= 0.6 is 11.8 Å². The molecule has 1 amide bonds. The minimum Gasteiger partial charge on any atom is -0.349 e. The zero-order valence-electron chi connectivity index (χ0n) is 14.2. The number of carbonyl (C=O) groups excluding carboxylic acids is 1. The van der Waals surface area contributed by atoms with Gasteiger partial charge in [-0.2, -0.15) is 0 Å². The summed E-state index contributed by atoms with van der Waals surface area (Å²) in [6, 6.07) is 18.6. The highest BCUT2D eigenvalue weighted by Gasteiger charge is 2.25. The first-order valence-corrected chi connectivity index (χ1v) is 9.52. The summed E-state index contributed by atoms with van der Waals surface area (Å²) in [5.74, 6) is 0.00396. The number of para-hydroxylation sites is 1. The van der Waals surface area contributed by atoms with Crippen molar-refractivity contribution in [3.8, 4) is 0 Å². The lowest BCUT2D eigenvalue weighted by Gasteiger charge is -2.10. The first-order valence-electron chi connectivity index (χ1n) is 8.70. The third-order valence-corrected chi connectivity index (χ3v) is 5.33. The van der Waals surface area contributed by atoms with E-state index in [0.29, 0.717) is 11.6 Å². The van der Waals surface area contributed by atoms with Gasteiger partial charge in [-0.1, -0.05) is 49.0 Å². The molecule has 1 N–H and O–H groups in total. The maximum atomic E-state index is 12.6. The van der Waals surface area contributed by atoms with Crippen LogP contribution in [-0.2, 0) is 6.42 Å². The van der Waals surface area contributed by atoms with Crippen LogP contribution in [0.1, 0.15) is 35.7 Å². The molecule has 2 aromatic carbocycles. The molecule has 1 aromatic heterocycles. The number of nitrogens with one attached hydrogen (secondary N) is 1. The molecule has 1 aliphatic carbocycles. The third-order valence-electron chi connectivity index (χ3n) is 4.40. The Balaban J connectivity index is 1.69. The van der Waals surface area contributed by atoms with E-state index in [1.54, 1.807) is 11.8 Å². The van der Waals surface area contributed by atoms with Gasteiger partial charge in [0.05, 0.1) is 11.1 Å². The standard InChI is InChI=1S/C21H20N2OS/c1-2-14-7-11-16(12-8-14)25-20-13-18(21(24)22-15-9-10-15)17-5-3-4-6-19(17)23-20/h3-8,11-13,15H,2,9-10H2,1H3,(H,22,24). The zero-order valence-corrected chi connectivity index (χ0v) is 15.0. The number of nitrogens with zero attached hydrogens (tertiary/aromatic N) is 1. The molecule has 0 unspecified atom stereocenters. The van der Waals surface area contributed by atoms with Crippen molar-refractivity contribution < 1.29 is 4.79 Å². The summed E-state index contributed by atoms with van der Waals surface area (Å²) in [4.78, 5) is 18.5. The van der Waals surface area contributed by atoms with Crippen LogP contribution in [0.3, 0.4) is 0 Å². The molecule has 0 spiro atoms. The minimum atomic E-state index is 0.00396. The summed E-state index contributed by atoms with van der Waals surface area (Å²) in [6.45, 7) is 2.15. The summed E-state index contributed by atoms with van der Waals surface area (Å²) < 4.78 is 0. The molecule has 25 heavy (non-hydrogen) atoms. The van der Waals surface area contributed by atoms with Crippen LogP contribution in [0.15, 0.2) is 64.5 Å². The molecule has 0 saturated heterocycles. The van der Waals surface area contributed by atoms with Crippen molar-refractivity contribution >= 4 is 28.6 Å². The normalized spacial score (nSPS) is 13.8. The maximum Gasteiger partial charge on any atom is 0.252 e. The van der Waals surface area contributed by atoms with Crippen molar-refractivity contribution in [2.24, 2.45) is 0 Å². The number of rotatable bonds is 5. The fourth-order valence-corrected chi connectivity index (χ4v) is 3.63. The van der Waals surface area contributed by atoms with Crippen LogP contribution in [0.5, 0.6) is 0 Å². The van der Waals surface area contributed by atoms with Crippen LogP contribution in [0.2, 0.25) is 0 Å². The van der Waals surface area contributed by atoms with Gasteiger partial charge in [-0.15, -0.1) is 0 Å². The predicted molar refractivity (Wildman–Crippen MR) is 102 cm³/mol. The van der Waals surface area contributed by atoms with Crippen molar-refractivity contribution in [2.75, 3.05) is 0 Å². The number of carbonyl (C=O) groups is 1. The van der Waals surface area contributed by atoms with E-state index in [9.17, 15) is 4.79 Å². The molecule has 4 heteroatoms. The number of pyridine rings is 1. The van der Waals surface area contributed by atoms with E-state index in [0.717, 1.165) is 40.1 Å². The van der Waals surface area contributed by atoms with Gasteiger partial charge < -0.3 is 5.32 Å². The monoisotopic (exact) mass is 348 g/mol. The Bertz CT molecular complexity index is 917. The van der Waals surface area contributed by atoms with E-state index in [1.165, 1.54) is 5.56 Å². The van der Waals surface area contributed by atoms with Gasteiger partial charge in [0.2, 0.25) is 0 Å². The molecule has 1 aliphatic rings.